The molecular formula is C22H32N4OS. The van der Waals surface area contributed by atoms with E-state index in [4.69, 9.17) is 5.14 Å². The summed E-state index contributed by atoms with van der Waals surface area (Å²) in [5.41, 5.74) is 3.88. The summed E-state index contributed by atoms with van der Waals surface area (Å²) >= 11 is 1.15. The minimum absolute atomic E-state index is 0.0580. The number of nitrogens with one attached hydrogen (secondary N) is 2. The molecule has 2 aromatic rings. The Hall–Kier alpha value is -2.02. The fourth-order valence-electron chi connectivity index (χ4n) is 3.30. The normalized spacial score (nSPS) is 16.1. The molecule has 1 saturated heterocycles. The Labute approximate surface area is 173 Å². The van der Waals surface area contributed by atoms with Crippen molar-refractivity contribution >= 4 is 18.2 Å². The van der Waals surface area contributed by atoms with Gasteiger partial charge in [-0.2, -0.15) is 0 Å². The maximum Gasteiger partial charge on any atom is 0.317 e. The zero-order valence-corrected chi connectivity index (χ0v) is 17.7. The Morgan fingerprint density at radius 3 is 2.61 bits per heavy atom. The highest BCUT2D eigenvalue weighted by Gasteiger charge is 2.22. The highest BCUT2D eigenvalue weighted by Crippen LogP contribution is 2.19. The largest absolute Gasteiger partial charge is 0.338 e. The zero-order chi connectivity index (χ0) is 20.2. The first-order valence-electron chi connectivity index (χ1n) is 9.87. The first kappa shape index (κ1) is 22.3. The smallest absolute Gasteiger partial charge is 0.317 e. The second-order valence-corrected chi connectivity index (χ2v) is 7.52. The Bertz CT molecular complexity index is 711. The van der Waals surface area contributed by atoms with Crippen molar-refractivity contribution in [2.24, 2.45) is 11.1 Å². The molecule has 1 atom stereocenters. The van der Waals surface area contributed by atoms with Gasteiger partial charge in [-0.1, -0.05) is 60.2 Å². The van der Waals surface area contributed by atoms with E-state index in [9.17, 15) is 4.79 Å². The predicted octanol–water partition coefficient (Wildman–Crippen LogP) is 4.20. The van der Waals surface area contributed by atoms with E-state index >= 15 is 0 Å². The number of amides is 2. The number of rotatable bonds is 5. The van der Waals surface area contributed by atoms with Crippen molar-refractivity contribution in [1.29, 1.82) is 0 Å². The average molecular weight is 401 g/mol. The molecule has 2 aromatic carbocycles. The minimum atomic E-state index is 0.0580. The van der Waals surface area contributed by atoms with E-state index in [-0.39, 0.29) is 6.03 Å². The van der Waals surface area contributed by atoms with Crippen molar-refractivity contribution in [1.82, 2.24) is 14.9 Å². The lowest BCUT2D eigenvalue weighted by Gasteiger charge is -2.32. The van der Waals surface area contributed by atoms with Gasteiger partial charge in [0.15, 0.2) is 0 Å². The van der Waals surface area contributed by atoms with Crippen LogP contribution in [-0.2, 0) is 0 Å². The first-order valence-corrected chi connectivity index (χ1v) is 10.8. The van der Waals surface area contributed by atoms with Gasteiger partial charge >= 0.3 is 6.03 Å². The summed E-state index contributed by atoms with van der Waals surface area (Å²) in [6, 6.07) is 19.1. The van der Waals surface area contributed by atoms with Gasteiger partial charge in [0.1, 0.15) is 0 Å². The number of hydrogen-bond acceptors (Lipinski definition) is 4. The van der Waals surface area contributed by atoms with Gasteiger partial charge < -0.3 is 10.2 Å². The van der Waals surface area contributed by atoms with Gasteiger partial charge in [0.25, 0.3) is 0 Å². The molecule has 6 heteroatoms. The summed E-state index contributed by atoms with van der Waals surface area (Å²) < 4.78 is 3.05. The molecule has 0 aromatic heterocycles. The average Bonchev–Trinajstić information content (AvgIpc) is 2.74. The van der Waals surface area contributed by atoms with Crippen LogP contribution in [0.5, 0.6) is 0 Å². The van der Waals surface area contributed by atoms with E-state index in [1.54, 1.807) is 0 Å². The molecule has 1 aliphatic rings. The number of likely N-dealkylation sites (tertiary alicyclic amines) is 1. The fourth-order valence-corrected chi connectivity index (χ4v) is 3.63. The van der Waals surface area contributed by atoms with Gasteiger partial charge in [-0.25, -0.2) is 4.79 Å². The third-order valence-corrected chi connectivity index (χ3v) is 5.05. The van der Waals surface area contributed by atoms with E-state index in [2.05, 4.69) is 65.5 Å². The number of urea groups is 1. The lowest BCUT2D eigenvalue weighted by atomic mass is 9.99. The van der Waals surface area contributed by atoms with Crippen LogP contribution in [0.25, 0.3) is 11.1 Å². The summed E-state index contributed by atoms with van der Waals surface area (Å²) in [6.07, 6.45) is 2.25. The van der Waals surface area contributed by atoms with E-state index in [0.717, 1.165) is 38.2 Å². The van der Waals surface area contributed by atoms with Crippen LogP contribution in [0.2, 0.25) is 0 Å². The highest BCUT2D eigenvalue weighted by atomic mass is 32.2. The third kappa shape index (κ3) is 7.54. The molecule has 28 heavy (non-hydrogen) atoms. The number of nitrogens with zero attached hydrogens (tertiary/aromatic N) is 1. The van der Waals surface area contributed by atoms with Crippen molar-refractivity contribution in [3.63, 3.8) is 0 Å². The van der Waals surface area contributed by atoms with Gasteiger partial charge in [0.05, 0.1) is 0 Å². The number of carbonyl (C=O) groups is 1. The molecule has 0 bridgehead atoms. The quantitative estimate of drug-likeness (QED) is 0.658. The summed E-state index contributed by atoms with van der Waals surface area (Å²) in [7, 11) is 0. The van der Waals surface area contributed by atoms with Crippen LogP contribution < -0.4 is 15.2 Å². The van der Waals surface area contributed by atoms with E-state index in [1.165, 1.54) is 23.1 Å². The molecule has 1 unspecified atom stereocenters. The zero-order valence-electron chi connectivity index (χ0n) is 16.9. The molecule has 4 N–H and O–H groups in total. The lowest BCUT2D eigenvalue weighted by molar-refractivity contribution is 0.167. The Morgan fingerprint density at radius 1 is 1.18 bits per heavy atom. The van der Waals surface area contributed by atoms with Gasteiger partial charge in [0, 0.05) is 38.3 Å². The van der Waals surface area contributed by atoms with E-state index in [1.807, 2.05) is 17.9 Å². The molecule has 0 aliphatic carbocycles. The first-order chi connectivity index (χ1) is 13.6. The summed E-state index contributed by atoms with van der Waals surface area (Å²) in [4.78, 5) is 13.5. The molecule has 0 saturated carbocycles. The van der Waals surface area contributed by atoms with Crippen molar-refractivity contribution in [3.8, 4) is 11.1 Å². The monoisotopic (exact) mass is 400 g/mol. The fraction of sp³-hybridized carbons (Fsp3) is 0.409. The van der Waals surface area contributed by atoms with E-state index in [0.29, 0.717) is 12.5 Å². The van der Waals surface area contributed by atoms with Crippen molar-refractivity contribution < 1.29 is 4.79 Å². The number of carbonyl (C=O) groups excluding carboxylic acids is 1. The SMILES string of the molecule is CCNC(=O)N1CCCC(CNSN)C1.Cc1cccc(-c2ccccc2)c1. The van der Waals surface area contributed by atoms with Gasteiger partial charge in [0.2, 0.25) is 0 Å². The Balaban J connectivity index is 0.000000202. The minimum Gasteiger partial charge on any atom is -0.338 e. The predicted molar refractivity (Wildman–Crippen MR) is 120 cm³/mol. The number of benzene rings is 2. The summed E-state index contributed by atoms with van der Waals surface area (Å²) in [6.45, 7) is 7.32. The van der Waals surface area contributed by atoms with Crippen LogP contribution in [0.4, 0.5) is 4.79 Å². The molecule has 1 fully saturated rings. The van der Waals surface area contributed by atoms with Crippen LogP contribution in [0.3, 0.4) is 0 Å². The van der Waals surface area contributed by atoms with Gasteiger partial charge in [-0.15, -0.1) is 0 Å². The van der Waals surface area contributed by atoms with Gasteiger partial charge in [-0.05, 0) is 43.7 Å². The molecule has 2 amide bonds. The third-order valence-electron chi connectivity index (χ3n) is 4.71. The van der Waals surface area contributed by atoms with Crippen LogP contribution in [0.1, 0.15) is 25.3 Å². The van der Waals surface area contributed by atoms with Crippen LogP contribution >= 0.6 is 12.1 Å². The summed E-state index contributed by atoms with van der Waals surface area (Å²) in [5.74, 6) is 0.525. The van der Waals surface area contributed by atoms with Crippen LogP contribution in [-0.4, -0.2) is 37.1 Å². The molecule has 0 radical (unpaired) electrons. The molecule has 152 valence electrons. The second-order valence-electron chi connectivity index (χ2n) is 6.99. The number of hydrogen-bond donors (Lipinski definition) is 3. The Kier molecular flexibility index (Phi) is 9.90. The second kappa shape index (κ2) is 12.4. The number of aryl methyl sites for hydroxylation is 1. The molecule has 1 heterocycles. The maximum atomic E-state index is 11.6. The lowest BCUT2D eigenvalue weighted by Crippen LogP contribution is -2.46. The summed E-state index contributed by atoms with van der Waals surface area (Å²) in [5, 5.41) is 8.13. The topological polar surface area (TPSA) is 70.4 Å². The highest BCUT2D eigenvalue weighted by molar-refractivity contribution is 7.95. The molecule has 5 nitrogen and oxygen atoms in total. The molecule has 1 aliphatic heterocycles. The Morgan fingerprint density at radius 2 is 1.93 bits per heavy atom. The van der Waals surface area contributed by atoms with Crippen molar-refractivity contribution in [2.75, 3.05) is 26.2 Å². The van der Waals surface area contributed by atoms with Crippen LogP contribution in [0, 0.1) is 12.8 Å². The number of piperidine rings is 1. The standard InChI is InChI=1S/C13H12.C9H20N4OS/c1-11-6-5-9-13(10-11)12-7-3-2-4-8-12;1-2-11-9(14)13-5-3-4-8(7-13)6-12-15-10/h2-10H,1H3;8,12H,2-7,10H2,1H3,(H,11,14). The number of nitrogens with two attached hydrogens (primary N) is 1. The van der Waals surface area contributed by atoms with E-state index < -0.39 is 0 Å². The van der Waals surface area contributed by atoms with Crippen LogP contribution in [0.15, 0.2) is 54.6 Å². The molecule has 3 rings (SSSR count). The van der Waals surface area contributed by atoms with Crippen molar-refractivity contribution in [2.45, 2.75) is 26.7 Å². The van der Waals surface area contributed by atoms with Gasteiger partial charge in [-0.3, -0.25) is 9.86 Å². The molecular weight excluding hydrogens is 368 g/mol. The molecule has 0 spiro atoms. The van der Waals surface area contributed by atoms with Crippen molar-refractivity contribution in [3.05, 3.63) is 60.2 Å². The maximum absolute atomic E-state index is 11.6.